The zero-order valence-corrected chi connectivity index (χ0v) is 19.9. The van der Waals surface area contributed by atoms with Gasteiger partial charge in [-0.1, -0.05) is 30.3 Å². The SMILES string of the molecule is CS(=O)(=O)O.CS(=O)(=O)O.N=C(N)c1ccc2cc(OC(=O)c3ccc(CN)cc3)ccc2c1. The fraction of sp³-hybridized carbons (Fsp3) is 0.143. The molecule has 0 unspecified atom stereocenters. The molecule has 0 saturated heterocycles. The zero-order valence-electron chi connectivity index (χ0n) is 18.3. The van der Waals surface area contributed by atoms with E-state index < -0.39 is 26.2 Å². The van der Waals surface area contributed by atoms with Gasteiger partial charge in [-0.15, -0.1) is 0 Å². The molecule has 0 atom stereocenters. The van der Waals surface area contributed by atoms with Gasteiger partial charge in [0, 0.05) is 12.1 Å². The number of fused-ring (bicyclic) bond motifs is 1. The first-order valence-corrected chi connectivity index (χ1v) is 13.0. The number of hydrogen-bond donors (Lipinski definition) is 5. The fourth-order valence-electron chi connectivity index (χ4n) is 2.40. The second kappa shape index (κ2) is 12.2. The molecule has 3 aromatic carbocycles. The van der Waals surface area contributed by atoms with Crippen molar-refractivity contribution < 1.29 is 35.5 Å². The van der Waals surface area contributed by atoms with Gasteiger partial charge in [0.25, 0.3) is 20.2 Å². The Hall–Kier alpha value is -3.36. The van der Waals surface area contributed by atoms with E-state index in [1.807, 2.05) is 18.2 Å². The smallest absolute Gasteiger partial charge is 0.343 e. The average Bonchev–Trinajstić information content (AvgIpc) is 2.71. The molecule has 34 heavy (non-hydrogen) atoms. The Bertz CT molecular complexity index is 1320. The van der Waals surface area contributed by atoms with Gasteiger partial charge in [0.15, 0.2) is 0 Å². The lowest BCUT2D eigenvalue weighted by Gasteiger charge is -2.07. The molecule has 0 aromatic heterocycles. The number of carbonyl (C=O) groups is 1. The summed E-state index contributed by atoms with van der Waals surface area (Å²) in [6.07, 6.45) is 1.43. The van der Waals surface area contributed by atoms with Crippen molar-refractivity contribution in [3.05, 3.63) is 77.4 Å². The summed E-state index contributed by atoms with van der Waals surface area (Å²) < 4.78 is 57.2. The summed E-state index contributed by atoms with van der Waals surface area (Å²) >= 11 is 0. The van der Waals surface area contributed by atoms with E-state index in [9.17, 15) is 21.6 Å². The van der Waals surface area contributed by atoms with Crippen LogP contribution in [0.25, 0.3) is 10.8 Å². The largest absolute Gasteiger partial charge is 0.423 e. The van der Waals surface area contributed by atoms with Crippen LogP contribution >= 0.6 is 0 Å². The quantitative estimate of drug-likeness (QED) is 0.113. The van der Waals surface area contributed by atoms with Crippen LogP contribution < -0.4 is 16.2 Å². The minimum Gasteiger partial charge on any atom is -0.423 e. The van der Waals surface area contributed by atoms with Crippen molar-refractivity contribution in [3.63, 3.8) is 0 Å². The van der Waals surface area contributed by atoms with Crippen LogP contribution in [0.2, 0.25) is 0 Å². The molecule has 7 N–H and O–H groups in total. The van der Waals surface area contributed by atoms with Crippen molar-refractivity contribution in [2.45, 2.75) is 6.54 Å². The van der Waals surface area contributed by atoms with Crippen LogP contribution in [0.3, 0.4) is 0 Å². The molecule has 0 saturated carbocycles. The van der Waals surface area contributed by atoms with Crippen molar-refractivity contribution in [3.8, 4) is 5.75 Å². The van der Waals surface area contributed by atoms with Gasteiger partial charge in [0.1, 0.15) is 11.6 Å². The highest BCUT2D eigenvalue weighted by Crippen LogP contribution is 2.23. The molecule has 0 fully saturated rings. The Kier molecular flexibility index (Phi) is 10.3. The topological polar surface area (TPSA) is 211 Å². The standard InChI is InChI=1S/C19H17N3O2.2CH4O3S/c20-11-12-1-3-13(4-2-12)19(23)24-17-8-7-14-9-16(18(21)22)6-5-15(14)10-17;2*1-5(2,3)4/h1-10H,11,20H2,(H3,21,22);2*1H3,(H,2,3,4). The number of amidine groups is 1. The summed E-state index contributed by atoms with van der Waals surface area (Å²) in [5.41, 5.74) is 13.1. The molecular weight excluding hydrogens is 486 g/mol. The summed E-state index contributed by atoms with van der Waals surface area (Å²) in [5, 5.41) is 9.30. The minimum atomic E-state index is -3.67. The molecule has 3 aromatic rings. The molecule has 184 valence electrons. The van der Waals surface area contributed by atoms with Crippen molar-refractivity contribution in [1.82, 2.24) is 0 Å². The van der Waals surface area contributed by atoms with Crippen molar-refractivity contribution in [2.75, 3.05) is 12.5 Å². The molecule has 13 heteroatoms. The number of nitrogens with one attached hydrogen (secondary N) is 1. The van der Waals surface area contributed by atoms with Gasteiger partial charge in [0.2, 0.25) is 0 Å². The van der Waals surface area contributed by atoms with E-state index in [-0.39, 0.29) is 5.84 Å². The fourth-order valence-corrected chi connectivity index (χ4v) is 2.40. The maximum absolute atomic E-state index is 12.2. The molecule has 0 aliphatic carbocycles. The van der Waals surface area contributed by atoms with Gasteiger partial charge in [0.05, 0.1) is 18.1 Å². The molecule has 0 amide bonds. The molecule has 11 nitrogen and oxygen atoms in total. The molecule has 0 radical (unpaired) electrons. The lowest BCUT2D eigenvalue weighted by atomic mass is 10.1. The van der Waals surface area contributed by atoms with E-state index in [0.717, 1.165) is 16.3 Å². The monoisotopic (exact) mass is 511 g/mol. The van der Waals surface area contributed by atoms with Crippen molar-refractivity contribution >= 4 is 42.8 Å². The highest BCUT2D eigenvalue weighted by Gasteiger charge is 2.09. The summed E-state index contributed by atoms with van der Waals surface area (Å²) in [4.78, 5) is 12.2. The summed E-state index contributed by atoms with van der Waals surface area (Å²) in [5.74, 6) is 0.0672. The second-order valence-electron chi connectivity index (χ2n) is 6.89. The Labute approximate surface area is 197 Å². The number of ether oxygens (including phenoxy) is 1. The number of rotatable bonds is 4. The summed E-state index contributed by atoms with van der Waals surface area (Å²) in [6, 6.07) is 17.8. The highest BCUT2D eigenvalue weighted by molar-refractivity contribution is 7.85. The Morgan fingerprint density at radius 1 is 0.853 bits per heavy atom. The third-order valence-electron chi connectivity index (χ3n) is 3.76. The predicted octanol–water partition coefficient (Wildman–Crippen LogP) is 1.81. The third kappa shape index (κ3) is 12.0. The van der Waals surface area contributed by atoms with Gasteiger partial charge >= 0.3 is 5.97 Å². The Morgan fingerprint density at radius 3 is 1.76 bits per heavy atom. The first-order chi connectivity index (χ1) is 15.6. The van der Waals surface area contributed by atoms with Crippen LogP contribution in [0.5, 0.6) is 5.75 Å². The predicted molar refractivity (Wildman–Crippen MR) is 129 cm³/mol. The minimum absolute atomic E-state index is 0.0216. The normalized spacial score (nSPS) is 10.9. The van der Waals surface area contributed by atoms with E-state index in [0.29, 0.717) is 35.9 Å². The molecule has 3 rings (SSSR count). The van der Waals surface area contributed by atoms with Gasteiger partial charge in [-0.3, -0.25) is 14.5 Å². The maximum Gasteiger partial charge on any atom is 0.343 e. The van der Waals surface area contributed by atoms with Crippen LogP contribution in [0, 0.1) is 5.41 Å². The first kappa shape index (κ1) is 28.7. The Balaban J connectivity index is 0.000000489. The first-order valence-electron chi connectivity index (χ1n) is 9.31. The molecular formula is C21H25N3O8S2. The van der Waals surface area contributed by atoms with Crippen LogP contribution in [0.15, 0.2) is 60.7 Å². The second-order valence-corrected chi connectivity index (χ2v) is 9.83. The van der Waals surface area contributed by atoms with Crippen LogP contribution in [0.4, 0.5) is 0 Å². The van der Waals surface area contributed by atoms with Gasteiger partial charge in [-0.25, -0.2) is 4.79 Å². The number of esters is 1. The average molecular weight is 512 g/mol. The Morgan fingerprint density at radius 2 is 1.29 bits per heavy atom. The highest BCUT2D eigenvalue weighted by atomic mass is 32.2. The van der Waals surface area contributed by atoms with E-state index >= 15 is 0 Å². The molecule has 0 bridgehead atoms. The van der Waals surface area contributed by atoms with Gasteiger partial charge in [-0.05, 0) is 46.7 Å². The van der Waals surface area contributed by atoms with E-state index in [1.165, 1.54) is 0 Å². The summed E-state index contributed by atoms with van der Waals surface area (Å²) in [7, 11) is -7.33. The molecule has 0 aliphatic heterocycles. The lowest BCUT2D eigenvalue weighted by molar-refractivity contribution is 0.0735. The molecule has 0 spiro atoms. The number of benzene rings is 3. The van der Waals surface area contributed by atoms with E-state index in [2.05, 4.69) is 0 Å². The van der Waals surface area contributed by atoms with Crippen molar-refractivity contribution in [1.29, 1.82) is 5.41 Å². The van der Waals surface area contributed by atoms with Gasteiger partial charge < -0.3 is 16.2 Å². The number of hydrogen-bond acceptors (Lipinski definition) is 8. The van der Waals surface area contributed by atoms with E-state index in [1.54, 1.807) is 42.5 Å². The molecule has 0 heterocycles. The molecule has 0 aliphatic rings. The van der Waals surface area contributed by atoms with Gasteiger partial charge in [-0.2, -0.15) is 16.8 Å². The van der Waals surface area contributed by atoms with Crippen LogP contribution in [0.1, 0.15) is 21.5 Å². The maximum atomic E-state index is 12.2. The van der Waals surface area contributed by atoms with E-state index in [4.69, 9.17) is 30.7 Å². The zero-order chi connectivity index (χ0) is 26.1. The van der Waals surface area contributed by atoms with Crippen LogP contribution in [-0.4, -0.2) is 50.3 Å². The third-order valence-corrected chi connectivity index (χ3v) is 3.76. The van der Waals surface area contributed by atoms with Crippen molar-refractivity contribution in [2.24, 2.45) is 11.5 Å². The number of nitrogens with two attached hydrogens (primary N) is 2. The lowest BCUT2D eigenvalue weighted by Crippen LogP contribution is -2.10. The number of carbonyl (C=O) groups excluding carboxylic acids is 1. The number of nitrogen functional groups attached to an aromatic ring is 1. The van der Waals surface area contributed by atoms with Crippen LogP contribution in [-0.2, 0) is 26.8 Å². The summed E-state index contributed by atoms with van der Waals surface area (Å²) in [6.45, 7) is 0.433.